The number of rotatable bonds is 4. The zero-order chi connectivity index (χ0) is 20.9. The van der Waals surface area contributed by atoms with Gasteiger partial charge in [-0.1, -0.05) is 0 Å². The number of pyridine rings is 1. The van der Waals surface area contributed by atoms with Crippen LogP contribution in [0, 0.1) is 5.82 Å². The summed E-state index contributed by atoms with van der Waals surface area (Å²) < 4.78 is 42.0. The van der Waals surface area contributed by atoms with Gasteiger partial charge in [0, 0.05) is 26.7 Å². The highest BCUT2D eigenvalue weighted by molar-refractivity contribution is 6.61. The molecule has 2 heterocycles. The Hall–Kier alpha value is -3.37. The first-order valence-electron chi connectivity index (χ1n) is 8.93. The molecular formula is C18H17BFNO8. The molecule has 1 fully saturated rings. The van der Waals surface area contributed by atoms with E-state index in [2.05, 4.69) is 0 Å². The van der Waals surface area contributed by atoms with Gasteiger partial charge in [-0.2, -0.15) is 4.57 Å². The first-order valence-corrected chi connectivity index (χ1v) is 8.93. The van der Waals surface area contributed by atoms with E-state index in [1.165, 1.54) is 19.4 Å². The molecule has 0 saturated heterocycles. The Kier molecular flexibility index (Phi) is 4.32. The van der Waals surface area contributed by atoms with Crippen LogP contribution in [0.3, 0.4) is 0 Å². The van der Waals surface area contributed by atoms with Crippen LogP contribution in [0.4, 0.5) is 4.39 Å². The van der Waals surface area contributed by atoms with Gasteiger partial charge in [-0.05, 0) is 12.1 Å². The van der Waals surface area contributed by atoms with Crippen LogP contribution in [0.2, 0.25) is 0 Å². The van der Waals surface area contributed by atoms with Gasteiger partial charge in [0.15, 0.2) is 23.6 Å². The van der Waals surface area contributed by atoms with Crippen molar-refractivity contribution in [2.45, 2.75) is 32.7 Å². The molecule has 0 amide bonds. The van der Waals surface area contributed by atoms with Gasteiger partial charge in [-0.25, -0.2) is 4.39 Å². The zero-order valence-corrected chi connectivity index (χ0v) is 15.9. The maximum atomic E-state index is 14.4. The maximum Gasteiger partial charge on any atom is 0.782 e. The zero-order valence-electron chi connectivity index (χ0n) is 15.9. The number of benzene rings is 1. The van der Waals surface area contributed by atoms with Crippen molar-refractivity contribution >= 4 is 35.8 Å². The van der Waals surface area contributed by atoms with Crippen LogP contribution in [-0.4, -0.2) is 32.0 Å². The number of nitrogens with zero attached hydrogens (tertiary/aromatic N) is 1. The van der Waals surface area contributed by atoms with Crippen LogP contribution < -0.4 is 14.0 Å². The van der Waals surface area contributed by atoms with Gasteiger partial charge in [-0.15, -0.1) is 0 Å². The van der Waals surface area contributed by atoms with E-state index in [-0.39, 0.29) is 23.1 Å². The Morgan fingerprint density at radius 1 is 1.17 bits per heavy atom. The predicted octanol–water partition coefficient (Wildman–Crippen LogP) is 1.72. The van der Waals surface area contributed by atoms with Gasteiger partial charge >= 0.3 is 12.9 Å². The maximum absolute atomic E-state index is 14.4. The normalized spacial score (nSPS) is 17.0. The van der Waals surface area contributed by atoms with E-state index in [0.29, 0.717) is 10.9 Å². The Morgan fingerprint density at radius 3 is 2.38 bits per heavy atom. The lowest BCUT2D eigenvalue weighted by atomic mass is 9.98. The Morgan fingerprint density at radius 2 is 1.83 bits per heavy atom. The summed E-state index contributed by atoms with van der Waals surface area (Å²) in [7, 11) is 1.33. The van der Waals surface area contributed by atoms with Crippen LogP contribution in [0.1, 0.15) is 43.1 Å². The van der Waals surface area contributed by atoms with E-state index in [0.717, 1.165) is 32.8 Å². The van der Waals surface area contributed by atoms with Crippen molar-refractivity contribution in [3.63, 3.8) is 0 Å². The fraction of sp³-hybridized carbons (Fsp3) is 0.333. The number of hydrogen-bond acceptors (Lipinski definition) is 8. The number of carbonyl (C=O) groups excluding carboxylic acids is 3. The minimum atomic E-state index is -3.52. The van der Waals surface area contributed by atoms with Crippen molar-refractivity contribution < 1.29 is 46.7 Å². The lowest BCUT2D eigenvalue weighted by Gasteiger charge is -2.41. The van der Waals surface area contributed by atoms with E-state index < -0.39 is 30.7 Å². The minimum absolute atomic E-state index is 0.0230. The molecule has 0 atom stereocenters. The summed E-state index contributed by atoms with van der Waals surface area (Å²) in [5.41, 5.74) is 0.383. The third-order valence-electron chi connectivity index (χ3n) is 4.60. The third-order valence-corrected chi connectivity index (χ3v) is 4.60. The molecule has 0 bridgehead atoms. The second kappa shape index (κ2) is 6.61. The second-order valence-corrected chi connectivity index (χ2v) is 6.81. The summed E-state index contributed by atoms with van der Waals surface area (Å²) in [5, 5.41) is 0.315. The molecule has 0 radical (unpaired) electrons. The number of carbonyl (C=O) groups is 3. The standard InChI is InChI=1S/C18H17BFNO8/c1-9(22)26-19(27-10(2)23)28-16-12-6-7-14(20)17(25-3)15(12)21(11-4-5-11)8-13(16)18(24)29-19/h6-8,11H,4-5H2,1-3H3. The number of hydrogen-bond donors (Lipinski definition) is 0. The molecule has 29 heavy (non-hydrogen) atoms. The molecule has 9 nitrogen and oxygen atoms in total. The summed E-state index contributed by atoms with van der Waals surface area (Å²) in [6.45, 7) is -1.43. The van der Waals surface area contributed by atoms with Gasteiger partial charge in [0.05, 0.1) is 12.5 Å². The van der Waals surface area contributed by atoms with Gasteiger partial charge < -0.3 is 23.4 Å². The Balaban J connectivity index is 1.98. The summed E-state index contributed by atoms with van der Waals surface area (Å²) in [4.78, 5) is 35.8. The summed E-state index contributed by atoms with van der Waals surface area (Å²) in [5.74, 6) is -3.37. The molecule has 2 aliphatic rings. The van der Waals surface area contributed by atoms with Crippen molar-refractivity contribution in [1.82, 2.24) is 0 Å². The molecule has 1 aliphatic heterocycles. The highest BCUT2D eigenvalue weighted by Gasteiger charge is 2.52. The summed E-state index contributed by atoms with van der Waals surface area (Å²) in [6.07, 6.45) is 3.17. The van der Waals surface area contributed by atoms with Crippen molar-refractivity contribution in [2.24, 2.45) is 0 Å². The third kappa shape index (κ3) is 3.22. The minimum Gasteiger partial charge on any atom is -0.610 e. The van der Waals surface area contributed by atoms with Crippen molar-refractivity contribution in [2.75, 3.05) is 7.11 Å². The molecule has 1 saturated carbocycles. The first kappa shape index (κ1) is 19.0. The number of halogens is 1. The largest absolute Gasteiger partial charge is 0.782 e. The van der Waals surface area contributed by atoms with Gasteiger partial charge in [-0.3, -0.25) is 14.4 Å². The van der Waals surface area contributed by atoms with Crippen LogP contribution in [0.5, 0.6) is 11.5 Å². The summed E-state index contributed by atoms with van der Waals surface area (Å²) in [6, 6.07) is 2.63. The molecular weight excluding hydrogens is 388 g/mol. The van der Waals surface area contributed by atoms with Gasteiger partial charge in [0.25, 0.3) is 17.5 Å². The van der Waals surface area contributed by atoms with Crippen LogP contribution >= 0.6 is 0 Å². The van der Waals surface area contributed by atoms with E-state index in [1.54, 1.807) is 4.57 Å². The van der Waals surface area contributed by atoms with Crippen LogP contribution in [0.25, 0.3) is 10.9 Å². The molecule has 1 aromatic heterocycles. The van der Waals surface area contributed by atoms with E-state index in [4.69, 9.17) is 23.4 Å². The average molecular weight is 405 g/mol. The van der Waals surface area contributed by atoms with Crippen LogP contribution in [-0.2, 0) is 23.6 Å². The molecule has 4 rings (SSSR count). The van der Waals surface area contributed by atoms with Gasteiger partial charge in [0.2, 0.25) is 5.75 Å². The lowest BCUT2D eigenvalue weighted by molar-refractivity contribution is -0.675. The van der Waals surface area contributed by atoms with Crippen molar-refractivity contribution in [3.8, 4) is 11.5 Å². The number of fused-ring (bicyclic) bond motifs is 3. The molecule has 11 heteroatoms. The fourth-order valence-electron chi connectivity index (χ4n) is 3.39. The molecule has 2 aromatic rings. The average Bonchev–Trinajstić information content (AvgIpc) is 3.44. The van der Waals surface area contributed by atoms with Gasteiger partial charge in [0.1, 0.15) is 5.75 Å². The first-order chi connectivity index (χ1) is 13.7. The molecule has 0 unspecified atom stereocenters. The molecule has 152 valence electrons. The van der Waals surface area contributed by atoms with E-state index >= 15 is 0 Å². The Labute approximate surface area is 164 Å². The Bertz CT molecular complexity index is 1050. The molecule has 0 N–H and O–H groups in total. The number of ether oxygens (including phenoxy) is 1. The van der Waals surface area contributed by atoms with Crippen molar-refractivity contribution in [1.29, 1.82) is 0 Å². The molecule has 0 spiro atoms. The topological polar surface area (TPSA) is 101 Å². The number of methoxy groups -OCH3 is 1. The molecule has 1 aliphatic carbocycles. The quantitative estimate of drug-likeness (QED) is 0.560. The highest BCUT2D eigenvalue weighted by atomic mass is 19.1. The SMILES string of the molecule is COc1c(F)ccc2c3c(c[n+](C4CC4)c12)C(=O)O[B-](OC(C)=O)(OC(C)=O)O3. The van der Waals surface area contributed by atoms with E-state index in [9.17, 15) is 18.8 Å². The fourth-order valence-corrected chi connectivity index (χ4v) is 3.39. The lowest BCUT2D eigenvalue weighted by Crippen LogP contribution is -2.58. The highest BCUT2D eigenvalue weighted by Crippen LogP contribution is 2.41. The van der Waals surface area contributed by atoms with E-state index in [1.807, 2.05) is 0 Å². The summed E-state index contributed by atoms with van der Waals surface area (Å²) >= 11 is 0. The monoisotopic (exact) mass is 405 g/mol. The van der Waals surface area contributed by atoms with Crippen molar-refractivity contribution in [3.05, 3.63) is 29.7 Å². The molecule has 1 aromatic carbocycles. The smallest absolute Gasteiger partial charge is 0.610 e. The predicted molar refractivity (Wildman–Crippen MR) is 94.3 cm³/mol. The van der Waals surface area contributed by atoms with Crippen LogP contribution in [0.15, 0.2) is 18.3 Å². The number of aromatic nitrogens is 1. The second-order valence-electron chi connectivity index (χ2n) is 6.81.